The highest BCUT2D eigenvalue weighted by atomic mass is 16.6. The number of aliphatic carboxylic acids is 1. The van der Waals surface area contributed by atoms with E-state index in [9.17, 15) is 29.1 Å². The first-order valence-corrected chi connectivity index (χ1v) is 12.1. The average Bonchev–Trinajstić information content (AvgIpc) is 3.35. The number of aromatic nitrogens is 4. The second-order valence-corrected chi connectivity index (χ2v) is 9.19. The minimum atomic E-state index is -1.16. The summed E-state index contributed by atoms with van der Waals surface area (Å²) in [6.07, 6.45) is -0.827. The normalized spacial score (nSPS) is 21.2. The Morgan fingerprint density at radius 3 is 2.62 bits per heavy atom. The molecule has 37 heavy (non-hydrogen) atoms. The highest BCUT2D eigenvalue weighted by molar-refractivity contribution is 5.91. The Hall–Kier alpha value is -3.81. The highest BCUT2D eigenvalue weighted by Gasteiger charge is 2.49. The fraction of sp³-hybridized carbons (Fsp3) is 0.609. The number of esters is 1. The van der Waals surface area contributed by atoms with Crippen LogP contribution in [0.15, 0.2) is 11.1 Å². The van der Waals surface area contributed by atoms with E-state index in [1.807, 2.05) is 6.92 Å². The first-order chi connectivity index (χ1) is 17.5. The van der Waals surface area contributed by atoms with Gasteiger partial charge in [0.2, 0.25) is 17.8 Å². The Morgan fingerprint density at radius 2 is 2.00 bits per heavy atom. The zero-order chi connectivity index (χ0) is 27.3. The van der Waals surface area contributed by atoms with Gasteiger partial charge in [-0.05, 0) is 6.42 Å². The molecule has 1 aliphatic heterocycles. The number of imidazole rings is 1. The number of aromatic amines is 1. The topological polar surface area (TPSA) is 195 Å². The van der Waals surface area contributed by atoms with Gasteiger partial charge in [-0.15, -0.1) is 0 Å². The molecule has 2 aromatic heterocycles. The van der Waals surface area contributed by atoms with Gasteiger partial charge in [-0.3, -0.25) is 38.8 Å². The Morgan fingerprint density at radius 1 is 1.27 bits per heavy atom. The maximum Gasteiger partial charge on any atom is 0.303 e. The molecule has 4 atom stereocenters. The third-order valence-electron chi connectivity index (χ3n) is 5.92. The van der Waals surface area contributed by atoms with Crippen molar-refractivity contribution in [2.45, 2.75) is 71.8 Å². The summed E-state index contributed by atoms with van der Waals surface area (Å²) in [6, 6.07) is 0. The number of unbranched alkanes of at least 4 members (excludes halogenated alkanes) is 1. The molecule has 0 spiro atoms. The number of nitrogens with one attached hydrogen (secondary N) is 3. The lowest BCUT2D eigenvalue weighted by atomic mass is 9.92. The average molecular weight is 521 g/mol. The van der Waals surface area contributed by atoms with Crippen LogP contribution in [0.3, 0.4) is 0 Å². The number of amides is 2. The van der Waals surface area contributed by atoms with Gasteiger partial charge in [0.15, 0.2) is 23.5 Å². The second kappa shape index (κ2) is 12.0. The number of rotatable bonds is 11. The minimum Gasteiger partial charge on any atom is -0.481 e. The van der Waals surface area contributed by atoms with Gasteiger partial charge in [0.25, 0.3) is 5.56 Å². The smallest absolute Gasteiger partial charge is 0.303 e. The summed E-state index contributed by atoms with van der Waals surface area (Å²) < 4.78 is 12.9. The molecule has 3 rings (SSSR count). The molecular weight excluding hydrogens is 488 g/mol. The van der Waals surface area contributed by atoms with Crippen LogP contribution in [0.25, 0.3) is 11.2 Å². The molecule has 14 nitrogen and oxygen atoms in total. The molecule has 0 aliphatic carbocycles. The molecule has 0 unspecified atom stereocenters. The Labute approximate surface area is 212 Å². The molecule has 3 heterocycles. The van der Waals surface area contributed by atoms with Crippen LogP contribution in [0.4, 0.5) is 5.95 Å². The summed E-state index contributed by atoms with van der Waals surface area (Å²) in [7, 11) is 0. The van der Waals surface area contributed by atoms with E-state index >= 15 is 0 Å². The van der Waals surface area contributed by atoms with Crippen molar-refractivity contribution in [3.05, 3.63) is 16.7 Å². The minimum absolute atomic E-state index is 0.0204. The standard InChI is InChI=1S/C23H32N6O8/c1-5-6-7-24-15(31)9-14-13(8-16(32)33)18(36-12(4)30)22(37-14)29-10-25-17-19(29)26-23(28-21(17)35)27-20(34)11(2)3/h10-11,13-14,18,22H,5-9H2,1-4H3,(H,24,31)(H,32,33)(H2,26,27,28,34,35)/t13-,14-,18-,22-/m1/s1. The lowest BCUT2D eigenvalue weighted by Gasteiger charge is -2.23. The summed E-state index contributed by atoms with van der Waals surface area (Å²) in [5.41, 5.74) is -0.672. The zero-order valence-electron chi connectivity index (χ0n) is 21.1. The number of hydrogen-bond acceptors (Lipinski definition) is 9. The fourth-order valence-corrected chi connectivity index (χ4v) is 4.08. The van der Waals surface area contributed by atoms with E-state index in [-0.39, 0.29) is 41.3 Å². The van der Waals surface area contributed by atoms with Crippen LogP contribution >= 0.6 is 0 Å². The molecule has 0 radical (unpaired) electrons. The van der Waals surface area contributed by atoms with Crippen LogP contribution in [0, 0.1) is 11.8 Å². The molecule has 0 saturated carbocycles. The lowest BCUT2D eigenvalue weighted by molar-refractivity contribution is -0.155. The molecule has 202 valence electrons. The molecule has 14 heteroatoms. The van der Waals surface area contributed by atoms with Gasteiger partial charge in [0.05, 0.1) is 25.3 Å². The number of H-pyrrole nitrogens is 1. The predicted octanol–water partition coefficient (Wildman–Crippen LogP) is 0.941. The summed E-state index contributed by atoms with van der Waals surface area (Å²) in [6.45, 7) is 6.97. The third kappa shape index (κ3) is 6.70. The van der Waals surface area contributed by atoms with E-state index < -0.39 is 48.3 Å². The molecule has 1 saturated heterocycles. The van der Waals surface area contributed by atoms with Crippen molar-refractivity contribution in [1.29, 1.82) is 0 Å². The number of anilines is 1. The van der Waals surface area contributed by atoms with Gasteiger partial charge < -0.3 is 19.9 Å². The van der Waals surface area contributed by atoms with Crippen LogP contribution in [0.2, 0.25) is 0 Å². The summed E-state index contributed by atoms with van der Waals surface area (Å²) in [4.78, 5) is 71.7. The van der Waals surface area contributed by atoms with Gasteiger partial charge in [0.1, 0.15) is 0 Å². The monoisotopic (exact) mass is 520 g/mol. The molecule has 0 bridgehead atoms. The van der Waals surface area contributed by atoms with E-state index in [2.05, 4.69) is 25.6 Å². The first kappa shape index (κ1) is 27.8. The van der Waals surface area contributed by atoms with Crippen molar-refractivity contribution < 1.29 is 33.8 Å². The van der Waals surface area contributed by atoms with Crippen molar-refractivity contribution >= 4 is 40.9 Å². The van der Waals surface area contributed by atoms with E-state index in [4.69, 9.17) is 9.47 Å². The van der Waals surface area contributed by atoms with E-state index in [0.717, 1.165) is 12.8 Å². The SMILES string of the molecule is CCCCNC(=O)C[C@H]1O[C@@H](n2cnc3c(=O)[nH]c(NC(=O)C(C)C)nc32)[C@H](OC(C)=O)[C@@H]1CC(=O)O. The van der Waals surface area contributed by atoms with Gasteiger partial charge >= 0.3 is 11.9 Å². The molecule has 2 amide bonds. The van der Waals surface area contributed by atoms with Crippen molar-refractivity contribution in [1.82, 2.24) is 24.8 Å². The van der Waals surface area contributed by atoms with E-state index in [1.165, 1.54) is 17.8 Å². The van der Waals surface area contributed by atoms with Crippen LogP contribution in [0.1, 0.15) is 59.6 Å². The van der Waals surface area contributed by atoms with Crippen molar-refractivity contribution in [3.63, 3.8) is 0 Å². The number of carboxylic acids is 1. The molecule has 2 aromatic rings. The highest BCUT2D eigenvalue weighted by Crippen LogP contribution is 2.40. The van der Waals surface area contributed by atoms with Crippen LogP contribution < -0.4 is 16.2 Å². The number of hydrogen-bond donors (Lipinski definition) is 4. The molecule has 1 aliphatic rings. The number of carboxylic acid groups (broad SMARTS) is 1. The van der Waals surface area contributed by atoms with Gasteiger partial charge in [-0.1, -0.05) is 27.2 Å². The van der Waals surface area contributed by atoms with Crippen molar-refractivity contribution in [3.8, 4) is 0 Å². The maximum absolute atomic E-state index is 12.6. The van der Waals surface area contributed by atoms with Crippen molar-refractivity contribution in [2.24, 2.45) is 11.8 Å². The second-order valence-electron chi connectivity index (χ2n) is 9.19. The first-order valence-electron chi connectivity index (χ1n) is 12.1. The van der Waals surface area contributed by atoms with Crippen molar-refractivity contribution in [2.75, 3.05) is 11.9 Å². The van der Waals surface area contributed by atoms with Gasteiger partial charge in [0, 0.05) is 25.3 Å². The number of nitrogens with zero attached hydrogens (tertiary/aromatic N) is 3. The van der Waals surface area contributed by atoms with E-state index in [1.54, 1.807) is 13.8 Å². The van der Waals surface area contributed by atoms with E-state index in [0.29, 0.717) is 6.54 Å². The fourth-order valence-electron chi connectivity index (χ4n) is 4.08. The predicted molar refractivity (Wildman–Crippen MR) is 129 cm³/mol. The van der Waals surface area contributed by atoms with Crippen LogP contribution in [-0.2, 0) is 28.7 Å². The lowest BCUT2D eigenvalue weighted by Crippen LogP contribution is -2.35. The van der Waals surface area contributed by atoms with Gasteiger partial charge in [-0.25, -0.2) is 4.98 Å². The summed E-state index contributed by atoms with van der Waals surface area (Å²) in [5, 5.41) is 14.8. The quantitative estimate of drug-likeness (QED) is 0.244. The number of fused-ring (bicyclic) bond motifs is 1. The number of carbonyl (C=O) groups excluding carboxylic acids is 3. The van der Waals surface area contributed by atoms with Gasteiger partial charge in [-0.2, -0.15) is 4.98 Å². The van der Waals surface area contributed by atoms with Crippen LogP contribution in [-0.4, -0.2) is 67.1 Å². The molecule has 4 N–H and O–H groups in total. The molecular formula is C23H32N6O8. The molecule has 0 aromatic carbocycles. The summed E-state index contributed by atoms with van der Waals surface area (Å²) in [5.74, 6) is -3.91. The number of carbonyl (C=O) groups is 4. The third-order valence-corrected chi connectivity index (χ3v) is 5.92. The summed E-state index contributed by atoms with van der Waals surface area (Å²) >= 11 is 0. The maximum atomic E-state index is 12.6. The van der Waals surface area contributed by atoms with Crippen LogP contribution in [0.5, 0.6) is 0 Å². The Balaban J connectivity index is 2.00. The largest absolute Gasteiger partial charge is 0.481 e. The Kier molecular flexibility index (Phi) is 8.97. The number of ether oxygens (including phenoxy) is 2. The molecule has 1 fully saturated rings. The zero-order valence-corrected chi connectivity index (χ0v) is 21.1. The Bertz CT molecular complexity index is 1220.